The lowest BCUT2D eigenvalue weighted by molar-refractivity contribution is 0.1000. The lowest BCUT2D eigenvalue weighted by Crippen LogP contribution is -2.11. The van der Waals surface area contributed by atoms with Crippen molar-refractivity contribution in [1.29, 1.82) is 0 Å². The molecule has 0 saturated carbocycles. The van der Waals surface area contributed by atoms with Gasteiger partial charge in [-0.3, -0.25) is 9.78 Å². The third kappa shape index (κ3) is 1.89. The molecule has 0 aliphatic heterocycles. The maximum atomic E-state index is 10.9. The van der Waals surface area contributed by atoms with Crippen molar-refractivity contribution >= 4 is 40.0 Å². The molecule has 1 heterocycles. The number of nitrogens with zero attached hydrogens (tertiary/aromatic N) is 1. The van der Waals surface area contributed by atoms with Crippen molar-refractivity contribution in [2.75, 3.05) is 0 Å². The van der Waals surface area contributed by atoms with Gasteiger partial charge < -0.3 is 5.73 Å². The zero-order valence-electron chi connectivity index (χ0n) is 7.50. The Balaban J connectivity index is 2.76. The van der Waals surface area contributed by atoms with Crippen molar-refractivity contribution in [3.63, 3.8) is 0 Å². The second-order valence-electron chi connectivity index (χ2n) is 3.05. The van der Waals surface area contributed by atoms with E-state index in [0.29, 0.717) is 26.5 Å². The van der Waals surface area contributed by atoms with Gasteiger partial charge in [0.05, 0.1) is 16.1 Å². The normalized spacial score (nSPS) is 10.5. The van der Waals surface area contributed by atoms with E-state index in [1.165, 1.54) is 6.20 Å². The summed E-state index contributed by atoms with van der Waals surface area (Å²) < 4.78 is 0. The molecule has 2 rings (SSSR count). The number of aromatic nitrogens is 1. The predicted molar refractivity (Wildman–Crippen MR) is 60.3 cm³/mol. The number of rotatable bonds is 1. The molecule has 1 aromatic heterocycles. The highest BCUT2D eigenvalue weighted by Gasteiger charge is 2.06. The number of nitrogens with two attached hydrogens (primary N) is 1. The van der Waals surface area contributed by atoms with E-state index in [1.807, 2.05) is 0 Å². The van der Waals surface area contributed by atoms with Crippen molar-refractivity contribution in [2.45, 2.75) is 0 Å². The van der Waals surface area contributed by atoms with E-state index in [9.17, 15) is 4.79 Å². The Kier molecular flexibility index (Phi) is 2.50. The van der Waals surface area contributed by atoms with Crippen LogP contribution in [-0.2, 0) is 0 Å². The minimum atomic E-state index is -0.527. The summed E-state index contributed by atoms with van der Waals surface area (Å²) >= 11 is 11.8. The van der Waals surface area contributed by atoms with Crippen LogP contribution >= 0.6 is 23.2 Å². The van der Waals surface area contributed by atoms with Crippen LogP contribution in [0.3, 0.4) is 0 Å². The van der Waals surface area contributed by atoms with Gasteiger partial charge in [-0.2, -0.15) is 0 Å². The summed E-state index contributed by atoms with van der Waals surface area (Å²) in [6, 6.07) is 4.90. The lowest BCUT2D eigenvalue weighted by Gasteiger charge is -2.02. The quantitative estimate of drug-likeness (QED) is 0.834. The number of fused-ring (bicyclic) bond motifs is 1. The molecule has 0 aliphatic carbocycles. The van der Waals surface area contributed by atoms with Gasteiger partial charge >= 0.3 is 0 Å². The maximum absolute atomic E-state index is 10.9. The topological polar surface area (TPSA) is 56.0 Å². The Labute approximate surface area is 95.8 Å². The first-order valence-corrected chi connectivity index (χ1v) is 4.88. The molecule has 0 spiro atoms. The number of carbonyl (C=O) groups is 1. The van der Waals surface area contributed by atoms with Gasteiger partial charge in [0.25, 0.3) is 0 Å². The summed E-state index contributed by atoms with van der Waals surface area (Å²) in [7, 11) is 0. The summed E-state index contributed by atoms with van der Waals surface area (Å²) in [5.41, 5.74) is 6.07. The molecular formula is C10H6Cl2N2O. The van der Waals surface area contributed by atoms with Gasteiger partial charge in [-0.05, 0) is 18.2 Å². The van der Waals surface area contributed by atoms with E-state index in [4.69, 9.17) is 28.9 Å². The third-order valence-corrected chi connectivity index (χ3v) is 2.49. The highest BCUT2D eigenvalue weighted by atomic mass is 35.5. The van der Waals surface area contributed by atoms with E-state index >= 15 is 0 Å². The monoisotopic (exact) mass is 240 g/mol. The molecule has 15 heavy (non-hydrogen) atoms. The van der Waals surface area contributed by atoms with Crippen LogP contribution in [0.1, 0.15) is 10.4 Å². The number of hydrogen-bond donors (Lipinski definition) is 1. The molecule has 1 aromatic carbocycles. The molecule has 0 saturated heterocycles. The number of halogens is 2. The first-order chi connectivity index (χ1) is 7.08. The lowest BCUT2D eigenvalue weighted by atomic mass is 10.1. The van der Waals surface area contributed by atoms with Gasteiger partial charge in [0, 0.05) is 16.6 Å². The summed E-state index contributed by atoms with van der Waals surface area (Å²) in [6.45, 7) is 0. The first-order valence-electron chi connectivity index (χ1n) is 4.12. The number of primary amides is 1. The van der Waals surface area contributed by atoms with Crippen LogP contribution in [0.4, 0.5) is 0 Å². The second-order valence-corrected chi connectivity index (χ2v) is 3.89. The summed E-state index contributed by atoms with van der Waals surface area (Å²) in [6.07, 6.45) is 1.39. The van der Waals surface area contributed by atoms with Crippen LogP contribution in [0.5, 0.6) is 0 Å². The third-order valence-electron chi connectivity index (χ3n) is 1.99. The molecule has 2 N–H and O–H groups in total. The van der Waals surface area contributed by atoms with Gasteiger partial charge in [0.2, 0.25) is 5.91 Å². The van der Waals surface area contributed by atoms with Crippen LogP contribution in [0.25, 0.3) is 10.9 Å². The van der Waals surface area contributed by atoms with Gasteiger partial charge in [-0.15, -0.1) is 0 Å². The van der Waals surface area contributed by atoms with Crippen molar-refractivity contribution in [1.82, 2.24) is 4.98 Å². The fourth-order valence-electron chi connectivity index (χ4n) is 1.31. The maximum Gasteiger partial charge on any atom is 0.250 e. The molecule has 0 radical (unpaired) electrons. The molecule has 0 fully saturated rings. The van der Waals surface area contributed by atoms with Crippen molar-refractivity contribution in [3.8, 4) is 0 Å². The molecule has 3 nitrogen and oxygen atoms in total. The highest BCUT2D eigenvalue weighted by molar-refractivity contribution is 6.38. The van der Waals surface area contributed by atoms with Crippen molar-refractivity contribution < 1.29 is 4.79 Å². The van der Waals surface area contributed by atoms with E-state index in [2.05, 4.69) is 4.98 Å². The van der Waals surface area contributed by atoms with Gasteiger partial charge in [0.15, 0.2) is 0 Å². The zero-order valence-corrected chi connectivity index (χ0v) is 9.01. The van der Waals surface area contributed by atoms with E-state index in [0.717, 1.165) is 0 Å². The standard InChI is InChI=1S/C10H6Cl2N2O/c11-7-2-5-1-6(10(13)15)4-14-9(5)8(12)3-7/h1-4H,(H2,13,15). The Morgan fingerprint density at radius 3 is 2.67 bits per heavy atom. The fourth-order valence-corrected chi connectivity index (χ4v) is 1.86. The molecule has 0 atom stereocenters. The van der Waals surface area contributed by atoms with Gasteiger partial charge in [0.1, 0.15) is 0 Å². The summed E-state index contributed by atoms with van der Waals surface area (Å²) in [5.74, 6) is -0.527. The van der Waals surface area contributed by atoms with Crippen LogP contribution in [0, 0.1) is 0 Å². The van der Waals surface area contributed by atoms with Crippen molar-refractivity contribution in [2.24, 2.45) is 5.73 Å². The molecule has 76 valence electrons. The molecule has 1 amide bonds. The Morgan fingerprint density at radius 1 is 1.27 bits per heavy atom. The van der Waals surface area contributed by atoms with Crippen LogP contribution in [-0.4, -0.2) is 10.9 Å². The Bertz CT molecular complexity index is 554. The fraction of sp³-hybridized carbons (Fsp3) is 0. The molecule has 0 bridgehead atoms. The summed E-state index contributed by atoms with van der Waals surface area (Å²) in [5, 5.41) is 1.65. The van der Waals surface area contributed by atoms with Crippen molar-refractivity contribution in [3.05, 3.63) is 40.0 Å². The van der Waals surface area contributed by atoms with E-state index < -0.39 is 5.91 Å². The van der Waals surface area contributed by atoms with Gasteiger partial charge in [-0.25, -0.2) is 0 Å². The Hall–Kier alpha value is -1.32. The van der Waals surface area contributed by atoms with E-state index in [1.54, 1.807) is 18.2 Å². The molecule has 2 aromatic rings. The number of carbonyl (C=O) groups excluding carboxylic acids is 1. The smallest absolute Gasteiger partial charge is 0.250 e. The molecule has 0 aliphatic rings. The first kappa shape index (κ1) is 10.2. The minimum absolute atomic E-state index is 0.334. The SMILES string of the molecule is NC(=O)c1cnc2c(Cl)cc(Cl)cc2c1. The molecule has 0 unspecified atom stereocenters. The number of hydrogen-bond acceptors (Lipinski definition) is 2. The summed E-state index contributed by atoms with van der Waals surface area (Å²) in [4.78, 5) is 15.0. The number of pyridine rings is 1. The number of amides is 1. The molecular weight excluding hydrogens is 235 g/mol. The van der Waals surface area contributed by atoms with Crippen LogP contribution < -0.4 is 5.73 Å². The minimum Gasteiger partial charge on any atom is -0.366 e. The zero-order chi connectivity index (χ0) is 11.0. The average molecular weight is 241 g/mol. The highest BCUT2D eigenvalue weighted by Crippen LogP contribution is 2.26. The van der Waals surface area contributed by atoms with Gasteiger partial charge in [-0.1, -0.05) is 23.2 Å². The number of benzene rings is 1. The predicted octanol–water partition coefficient (Wildman–Crippen LogP) is 2.64. The second kappa shape index (κ2) is 3.68. The van der Waals surface area contributed by atoms with Crippen LogP contribution in [0.15, 0.2) is 24.4 Å². The average Bonchev–Trinajstić information content (AvgIpc) is 2.16. The molecule has 5 heteroatoms. The van der Waals surface area contributed by atoms with E-state index in [-0.39, 0.29) is 0 Å². The largest absolute Gasteiger partial charge is 0.366 e. The Morgan fingerprint density at radius 2 is 2.00 bits per heavy atom. The van der Waals surface area contributed by atoms with Crippen LogP contribution in [0.2, 0.25) is 10.0 Å².